The van der Waals surface area contributed by atoms with E-state index in [0.717, 1.165) is 24.2 Å². The molecule has 1 atom stereocenters. The first kappa shape index (κ1) is 16.4. The molecule has 0 saturated carbocycles. The van der Waals surface area contributed by atoms with Crippen LogP contribution in [0.25, 0.3) is 0 Å². The van der Waals surface area contributed by atoms with Gasteiger partial charge in [0.2, 0.25) is 15.9 Å². The molecule has 1 amide bonds. The van der Waals surface area contributed by atoms with Gasteiger partial charge in [0.05, 0.1) is 11.2 Å². The fourth-order valence-corrected chi connectivity index (χ4v) is 4.37. The van der Waals surface area contributed by atoms with Gasteiger partial charge >= 0.3 is 0 Å². The van der Waals surface area contributed by atoms with Crippen LogP contribution in [0.2, 0.25) is 0 Å². The van der Waals surface area contributed by atoms with Crippen LogP contribution in [0, 0.1) is 0 Å². The Morgan fingerprint density at radius 2 is 2.04 bits per heavy atom. The van der Waals surface area contributed by atoms with Crippen molar-refractivity contribution >= 4 is 21.6 Å². The summed E-state index contributed by atoms with van der Waals surface area (Å²) in [4.78, 5) is 14.8. The smallest absolute Gasteiger partial charge is 0.239 e. The van der Waals surface area contributed by atoms with E-state index in [2.05, 4.69) is 5.32 Å². The van der Waals surface area contributed by atoms with Gasteiger partial charge in [-0.25, -0.2) is 12.7 Å². The van der Waals surface area contributed by atoms with Gasteiger partial charge in [0.25, 0.3) is 0 Å². The van der Waals surface area contributed by atoms with E-state index in [9.17, 15) is 13.2 Å². The number of para-hydroxylation sites is 1. The maximum atomic E-state index is 13.0. The molecule has 1 fully saturated rings. The lowest BCUT2D eigenvalue weighted by atomic mass is 9.81. The van der Waals surface area contributed by atoms with Crippen molar-refractivity contribution < 1.29 is 13.2 Å². The van der Waals surface area contributed by atoms with Gasteiger partial charge in [0.1, 0.15) is 0 Å². The molecule has 2 aliphatic rings. The van der Waals surface area contributed by atoms with Crippen molar-refractivity contribution in [1.29, 1.82) is 0 Å². The van der Waals surface area contributed by atoms with Crippen molar-refractivity contribution in [3.8, 4) is 0 Å². The highest BCUT2D eigenvalue weighted by atomic mass is 32.2. The Hall–Kier alpha value is -1.44. The summed E-state index contributed by atoms with van der Waals surface area (Å²) in [5.74, 6) is 0.156. The quantitative estimate of drug-likeness (QED) is 0.852. The lowest BCUT2D eigenvalue weighted by Gasteiger charge is -2.23. The molecule has 7 heteroatoms. The summed E-state index contributed by atoms with van der Waals surface area (Å²) in [5, 5.41) is 3.29. The van der Waals surface area contributed by atoms with Crippen LogP contribution in [0.4, 0.5) is 5.69 Å². The van der Waals surface area contributed by atoms with E-state index >= 15 is 0 Å². The first-order valence-electron chi connectivity index (χ1n) is 7.91. The Kier molecular flexibility index (Phi) is 4.20. The molecule has 1 aromatic carbocycles. The van der Waals surface area contributed by atoms with Gasteiger partial charge in [-0.15, -0.1) is 0 Å². The van der Waals surface area contributed by atoms with E-state index in [1.807, 2.05) is 24.3 Å². The van der Waals surface area contributed by atoms with E-state index in [4.69, 9.17) is 0 Å². The lowest BCUT2D eigenvalue weighted by molar-refractivity contribution is -0.122. The first-order valence-corrected chi connectivity index (χ1v) is 9.52. The van der Waals surface area contributed by atoms with Crippen LogP contribution in [0.5, 0.6) is 0 Å². The number of nitrogens with one attached hydrogen (secondary N) is 1. The molecule has 1 N–H and O–H groups in total. The second-order valence-corrected chi connectivity index (χ2v) is 8.74. The van der Waals surface area contributed by atoms with Gasteiger partial charge in [0, 0.05) is 32.9 Å². The van der Waals surface area contributed by atoms with Crippen LogP contribution in [0.3, 0.4) is 0 Å². The molecule has 3 rings (SSSR count). The molecule has 1 saturated heterocycles. The molecular weight excluding hydrogens is 314 g/mol. The number of fused-ring (bicyclic) bond motifs is 2. The zero-order valence-corrected chi connectivity index (χ0v) is 14.4. The third-order valence-electron chi connectivity index (χ3n) is 4.86. The van der Waals surface area contributed by atoms with E-state index in [0.29, 0.717) is 19.5 Å². The fourth-order valence-electron chi connectivity index (χ4n) is 3.51. The fraction of sp³-hybridized carbons (Fsp3) is 0.562. The monoisotopic (exact) mass is 337 g/mol. The van der Waals surface area contributed by atoms with Crippen molar-refractivity contribution in [2.24, 2.45) is 0 Å². The van der Waals surface area contributed by atoms with Gasteiger partial charge in [-0.2, -0.15) is 0 Å². The molecule has 2 aliphatic heterocycles. The summed E-state index contributed by atoms with van der Waals surface area (Å²) < 4.78 is 25.0. The minimum absolute atomic E-state index is 0.0528. The van der Waals surface area contributed by atoms with Crippen LogP contribution in [-0.4, -0.2) is 58.1 Å². The number of rotatable bonds is 5. The van der Waals surface area contributed by atoms with E-state index in [-0.39, 0.29) is 11.7 Å². The van der Waals surface area contributed by atoms with Crippen LogP contribution in [0.1, 0.15) is 18.4 Å². The molecule has 2 heterocycles. The Morgan fingerprint density at radius 3 is 2.70 bits per heavy atom. The maximum absolute atomic E-state index is 13.0. The average Bonchev–Trinajstić information content (AvgIpc) is 3.09. The number of carbonyl (C=O) groups excluding carboxylic acids is 1. The van der Waals surface area contributed by atoms with Crippen LogP contribution >= 0.6 is 0 Å². The van der Waals surface area contributed by atoms with Crippen molar-refractivity contribution in [2.75, 3.05) is 44.4 Å². The standard InChI is InChI=1S/C16H23N3O3S/c1-18(2)23(21,22)11-5-10-19-14-7-4-3-6-13(14)16(15(19)20)8-9-17-12-16/h3-4,6-7,17H,5,8-12H2,1-2H3. The van der Waals surface area contributed by atoms with Crippen molar-refractivity contribution in [3.63, 3.8) is 0 Å². The lowest BCUT2D eigenvalue weighted by Crippen LogP contribution is -2.42. The number of nitrogens with zero attached hydrogens (tertiary/aromatic N) is 2. The molecular formula is C16H23N3O3S. The molecule has 0 bridgehead atoms. The van der Waals surface area contributed by atoms with E-state index in [1.165, 1.54) is 18.4 Å². The molecule has 1 spiro atoms. The zero-order chi connectivity index (χ0) is 16.7. The largest absolute Gasteiger partial charge is 0.315 e. The highest BCUT2D eigenvalue weighted by Crippen LogP contribution is 2.45. The Labute approximate surface area is 137 Å². The SMILES string of the molecule is CN(C)S(=O)(=O)CCCN1C(=O)C2(CCNC2)c2ccccc21. The van der Waals surface area contributed by atoms with Gasteiger partial charge in [-0.05, 0) is 31.0 Å². The Bertz CT molecular complexity index is 709. The molecule has 23 heavy (non-hydrogen) atoms. The summed E-state index contributed by atoms with van der Waals surface area (Å²) >= 11 is 0. The number of carbonyl (C=O) groups is 1. The third kappa shape index (κ3) is 2.66. The van der Waals surface area contributed by atoms with Crippen molar-refractivity contribution in [3.05, 3.63) is 29.8 Å². The van der Waals surface area contributed by atoms with Gasteiger partial charge in [0.15, 0.2) is 0 Å². The average molecular weight is 337 g/mol. The minimum Gasteiger partial charge on any atom is -0.315 e. The summed E-state index contributed by atoms with van der Waals surface area (Å²) in [6.07, 6.45) is 1.24. The van der Waals surface area contributed by atoms with Gasteiger partial charge in [-0.1, -0.05) is 18.2 Å². The highest BCUT2D eigenvalue weighted by Gasteiger charge is 2.51. The molecule has 6 nitrogen and oxygen atoms in total. The summed E-state index contributed by atoms with van der Waals surface area (Å²) in [7, 11) is -0.164. The highest BCUT2D eigenvalue weighted by molar-refractivity contribution is 7.89. The number of hydrogen-bond donors (Lipinski definition) is 1. The van der Waals surface area contributed by atoms with Crippen LogP contribution < -0.4 is 10.2 Å². The Morgan fingerprint density at radius 1 is 1.30 bits per heavy atom. The summed E-state index contributed by atoms with van der Waals surface area (Å²) in [6.45, 7) is 1.93. The predicted octanol–water partition coefficient (Wildman–Crippen LogP) is 0.546. The summed E-state index contributed by atoms with van der Waals surface area (Å²) in [6, 6.07) is 7.88. The van der Waals surface area contributed by atoms with Gasteiger partial charge < -0.3 is 10.2 Å². The second kappa shape index (κ2) is 5.89. The molecule has 0 aliphatic carbocycles. The maximum Gasteiger partial charge on any atom is 0.239 e. The first-order chi connectivity index (χ1) is 10.9. The van der Waals surface area contributed by atoms with Gasteiger partial charge in [-0.3, -0.25) is 4.79 Å². The second-order valence-electron chi connectivity index (χ2n) is 6.43. The van der Waals surface area contributed by atoms with Crippen LogP contribution in [0.15, 0.2) is 24.3 Å². The normalized spacial score (nSPS) is 24.0. The predicted molar refractivity (Wildman–Crippen MR) is 90.1 cm³/mol. The van der Waals surface area contributed by atoms with E-state index < -0.39 is 15.4 Å². The molecule has 0 aromatic heterocycles. The topological polar surface area (TPSA) is 69.7 Å². The number of hydrogen-bond acceptors (Lipinski definition) is 4. The molecule has 126 valence electrons. The summed E-state index contributed by atoms with van der Waals surface area (Å²) in [5.41, 5.74) is 1.55. The number of anilines is 1. The van der Waals surface area contributed by atoms with Crippen molar-refractivity contribution in [1.82, 2.24) is 9.62 Å². The minimum atomic E-state index is -3.23. The molecule has 1 aromatic rings. The molecule has 1 unspecified atom stereocenters. The number of sulfonamides is 1. The number of amides is 1. The molecule has 0 radical (unpaired) electrons. The Balaban J connectivity index is 1.80. The zero-order valence-electron chi connectivity index (χ0n) is 13.6. The number of benzene rings is 1. The van der Waals surface area contributed by atoms with E-state index in [1.54, 1.807) is 4.90 Å². The van der Waals surface area contributed by atoms with Crippen molar-refractivity contribution in [2.45, 2.75) is 18.3 Å². The third-order valence-corrected chi connectivity index (χ3v) is 6.78. The van der Waals surface area contributed by atoms with Crippen LogP contribution in [-0.2, 0) is 20.2 Å².